The van der Waals surface area contributed by atoms with Crippen LogP contribution in [0.3, 0.4) is 0 Å². The molecule has 1 aliphatic heterocycles. The van der Waals surface area contributed by atoms with Gasteiger partial charge in [0.15, 0.2) is 0 Å². The molecule has 1 saturated carbocycles. The molecule has 2 aromatic carbocycles. The van der Waals surface area contributed by atoms with Crippen molar-refractivity contribution in [2.75, 3.05) is 18.0 Å². The third-order valence-corrected chi connectivity index (χ3v) is 8.63. The minimum absolute atomic E-state index is 0.197. The Bertz CT molecular complexity index is 1160. The fourth-order valence-electron chi connectivity index (χ4n) is 6.36. The molecule has 35 heavy (non-hydrogen) atoms. The number of nitrogens with zero attached hydrogens (tertiary/aromatic N) is 2. The van der Waals surface area contributed by atoms with Gasteiger partial charge in [-0.3, -0.25) is 9.78 Å². The zero-order valence-electron chi connectivity index (χ0n) is 21.1. The Morgan fingerprint density at radius 1 is 1.00 bits per heavy atom. The summed E-state index contributed by atoms with van der Waals surface area (Å²) in [6.45, 7) is 6.34. The Morgan fingerprint density at radius 3 is 2.43 bits per heavy atom. The van der Waals surface area contributed by atoms with Crippen molar-refractivity contribution in [3.05, 3.63) is 71.7 Å². The molecule has 2 fully saturated rings. The van der Waals surface area contributed by atoms with Crippen LogP contribution in [0.15, 0.2) is 54.7 Å². The lowest BCUT2D eigenvalue weighted by molar-refractivity contribution is -0.124. The average Bonchev–Trinajstić information content (AvgIpc) is 2.89. The van der Waals surface area contributed by atoms with Crippen molar-refractivity contribution in [2.24, 2.45) is 17.8 Å². The number of hydrogen-bond acceptors (Lipinski definition) is 3. The van der Waals surface area contributed by atoms with Gasteiger partial charge in [0, 0.05) is 42.7 Å². The topological polar surface area (TPSA) is 33.2 Å². The van der Waals surface area contributed by atoms with Crippen LogP contribution in [-0.4, -0.2) is 23.9 Å². The first-order chi connectivity index (χ1) is 17.0. The van der Waals surface area contributed by atoms with E-state index in [9.17, 15) is 9.18 Å². The number of Topliss-reactive ketones (excluding diaryl/α,β-unsaturated/α-hetero) is 1. The predicted molar refractivity (Wildman–Crippen MR) is 141 cm³/mol. The van der Waals surface area contributed by atoms with Gasteiger partial charge < -0.3 is 4.90 Å². The molecule has 0 spiro atoms. The molecule has 2 heterocycles. The molecule has 5 rings (SSSR count). The summed E-state index contributed by atoms with van der Waals surface area (Å²) in [5, 5.41) is 0.955. The van der Waals surface area contributed by atoms with Crippen molar-refractivity contribution in [3.8, 4) is 0 Å². The minimum atomic E-state index is -0.197. The molecule has 1 aliphatic carbocycles. The van der Waals surface area contributed by atoms with Crippen LogP contribution in [0.25, 0.3) is 10.9 Å². The number of fused-ring (bicyclic) bond motifs is 1. The van der Waals surface area contributed by atoms with Crippen LogP contribution in [0.4, 0.5) is 10.1 Å². The molecule has 0 bridgehead atoms. The van der Waals surface area contributed by atoms with E-state index in [1.807, 2.05) is 6.20 Å². The number of rotatable bonds is 6. The van der Waals surface area contributed by atoms with Gasteiger partial charge in [0.1, 0.15) is 11.6 Å². The van der Waals surface area contributed by atoms with Crippen LogP contribution in [0.2, 0.25) is 0 Å². The summed E-state index contributed by atoms with van der Waals surface area (Å²) in [5.74, 6) is 1.98. The molecular weight excluding hydrogens is 435 g/mol. The molecule has 3 nitrogen and oxygen atoms in total. The number of carbonyl (C=O) groups is 1. The summed E-state index contributed by atoms with van der Waals surface area (Å²) in [6, 6.07) is 15.7. The molecule has 1 atom stereocenters. The Labute approximate surface area is 208 Å². The van der Waals surface area contributed by atoms with Crippen LogP contribution < -0.4 is 4.90 Å². The summed E-state index contributed by atoms with van der Waals surface area (Å²) >= 11 is 0. The SMILES string of the molecule is Cc1ccc(N2CCC(C(=O)C[C@H](C)C3CCC(c4ccnc5ccc(F)cc45)CC3)CC2)cc1. The van der Waals surface area contributed by atoms with E-state index >= 15 is 0 Å². The van der Waals surface area contributed by atoms with E-state index in [1.165, 1.54) is 22.9 Å². The Hall–Kier alpha value is -2.75. The van der Waals surface area contributed by atoms with Gasteiger partial charge in [-0.1, -0.05) is 24.6 Å². The highest BCUT2D eigenvalue weighted by Gasteiger charge is 2.31. The van der Waals surface area contributed by atoms with Gasteiger partial charge in [-0.15, -0.1) is 0 Å². The first-order valence-electron chi connectivity index (χ1n) is 13.4. The van der Waals surface area contributed by atoms with E-state index in [0.29, 0.717) is 30.0 Å². The normalized spacial score (nSPS) is 22.3. The number of ketones is 1. The zero-order chi connectivity index (χ0) is 24.4. The standard InChI is InChI=1S/C31H37FN2O/c1-21-3-10-27(11-4-21)34-17-14-25(15-18-34)31(35)19-22(2)23-5-7-24(8-6-23)28-13-16-33-30-12-9-26(32)20-29(28)30/h3-4,9-13,16,20,22-25H,5-8,14-15,17-19H2,1-2H3/t22-,23?,24?/m0/s1. The average molecular weight is 473 g/mol. The predicted octanol–water partition coefficient (Wildman–Crippen LogP) is 7.47. The van der Waals surface area contributed by atoms with Crippen molar-refractivity contribution in [2.45, 2.75) is 64.7 Å². The molecule has 0 N–H and O–H groups in total. The van der Waals surface area contributed by atoms with Gasteiger partial charge in [0.2, 0.25) is 0 Å². The van der Waals surface area contributed by atoms with E-state index in [4.69, 9.17) is 0 Å². The molecule has 0 amide bonds. The number of pyridine rings is 1. The molecule has 1 aromatic heterocycles. The largest absolute Gasteiger partial charge is 0.371 e. The molecule has 2 aliphatic rings. The lowest BCUT2D eigenvalue weighted by atomic mass is 9.72. The molecular formula is C31H37FN2O. The molecule has 0 radical (unpaired) electrons. The van der Waals surface area contributed by atoms with Crippen LogP contribution in [0.1, 0.15) is 68.9 Å². The fraction of sp³-hybridized carbons (Fsp3) is 0.484. The van der Waals surface area contributed by atoms with Gasteiger partial charge in [0.05, 0.1) is 5.52 Å². The van der Waals surface area contributed by atoms with Crippen LogP contribution in [0.5, 0.6) is 0 Å². The maximum absolute atomic E-state index is 13.9. The number of halogens is 1. The van der Waals surface area contributed by atoms with Gasteiger partial charge in [-0.2, -0.15) is 0 Å². The maximum Gasteiger partial charge on any atom is 0.136 e. The minimum Gasteiger partial charge on any atom is -0.371 e. The van der Waals surface area contributed by atoms with Crippen molar-refractivity contribution in [1.82, 2.24) is 4.98 Å². The fourth-order valence-corrected chi connectivity index (χ4v) is 6.36. The van der Waals surface area contributed by atoms with E-state index in [0.717, 1.165) is 62.5 Å². The first kappa shape index (κ1) is 24.0. The maximum atomic E-state index is 13.9. The second-order valence-electron chi connectivity index (χ2n) is 10.9. The number of aryl methyl sites for hydroxylation is 1. The molecule has 184 valence electrons. The van der Waals surface area contributed by atoms with Crippen molar-refractivity contribution in [3.63, 3.8) is 0 Å². The third kappa shape index (κ3) is 5.42. The van der Waals surface area contributed by atoms with Crippen LogP contribution >= 0.6 is 0 Å². The zero-order valence-corrected chi connectivity index (χ0v) is 21.1. The highest BCUT2D eigenvalue weighted by molar-refractivity contribution is 5.83. The van der Waals surface area contributed by atoms with Gasteiger partial charge in [0.25, 0.3) is 0 Å². The quantitative estimate of drug-likeness (QED) is 0.373. The number of hydrogen-bond donors (Lipinski definition) is 0. The highest BCUT2D eigenvalue weighted by atomic mass is 19.1. The van der Waals surface area contributed by atoms with Crippen LogP contribution in [0, 0.1) is 30.5 Å². The van der Waals surface area contributed by atoms with E-state index in [2.05, 4.69) is 54.1 Å². The second kappa shape index (κ2) is 10.5. The van der Waals surface area contributed by atoms with Crippen LogP contribution in [-0.2, 0) is 4.79 Å². The number of carbonyl (C=O) groups excluding carboxylic acids is 1. The molecule has 0 unspecified atom stereocenters. The lowest BCUT2D eigenvalue weighted by Crippen LogP contribution is -2.37. The Balaban J connectivity index is 1.12. The van der Waals surface area contributed by atoms with Gasteiger partial charge in [-0.05, 0) is 105 Å². The first-order valence-corrected chi connectivity index (χ1v) is 13.4. The summed E-state index contributed by atoms with van der Waals surface area (Å²) in [6.07, 6.45) is 9.01. The smallest absolute Gasteiger partial charge is 0.136 e. The van der Waals surface area contributed by atoms with E-state index in [-0.39, 0.29) is 11.7 Å². The number of piperidine rings is 1. The van der Waals surface area contributed by atoms with Crippen molar-refractivity contribution >= 4 is 22.4 Å². The van der Waals surface area contributed by atoms with E-state index < -0.39 is 0 Å². The van der Waals surface area contributed by atoms with Crippen molar-refractivity contribution < 1.29 is 9.18 Å². The Morgan fingerprint density at radius 2 is 1.71 bits per heavy atom. The summed E-state index contributed by atoms with van der Waals surface area (Å²) < 4.78 is 13.9. The lowest BCUT2D eigenvalue weighted by Gasteiger charge is -2.35. The number of anilines is 1. The second-order valence-corrected chi connectivity index (χ2v) is 10.9. The summed E-state index contributed by atoms with van der Waals surface area (Å²) in [4.78, 5) is 20.0. The molecule has 4 heteroatoms. The monoisotopic (exact) mass is 472 g/mol. The van der Waals surface area contributed by atoms with Crippen molar-refractivity contribution in [1.29, 1.82) is 0 Å². The van der Waals surface area contributed by atoms with Gasteiger partial charge >= 0.3 is 0 Å². The highest BCUT2D eigenvalue weighted by Crippen LogP contribution is 2.41. The van der Waals surface area contributed by atoms with E-state index in [1.54, 1.807) is 12.1 Å². The summed E-state index contributed by atoms with van der Waals surface area (Å²) in [7, 11) is 0. The molecule has 3 aromatic rings. The summed E-state index contributed by atoms with van der Waals surface area (Å²) in [5.41, 5.74) is 4.66. The number of aromatic nitrogens is 1. The Kier molecular flexibility index (Phi) is 7.17. The number of benzene rings is 2. The molecule has 1 saturated heterocycles. The van der Waals surface area contributed by atoms with Gasteiger partial charge in [-0.25, -0.2) is 4.39 Å². The third-order valence-electron chi connectivity index (χ3n) is 8.63.